The van der Waals surface area contributed by atoms with Crippen molar-refractivity contribution < 1.29 is 9.53 Å². The SMILES string of the molecule is O=C(Cc1nn[nH]n1)NCCCN1CCOCC1. The van der Waals surface area contributed by atoms with Crippen molar-refractivity contribution >= 4 is 5.91 Å². The number of carbonyl (C=O) groups is 1. The second-order valence-electron chi connectivity index (χ2n) is 4.16. The first-order chi connectivity index (χ1) is 8.84. The summed E-state index contributed by atoms with van der Waals surface area (Å²) in [4.78, 5) is 13.8. The van der Waals surface area contributed by atoms with Crippen molar-refractivity contribution in [2.24, 2.45) is 0 Å². The van der Waals surface area contributed by atoms with Crippen molar-refractivity contribution in [2.45, 2.75) is 12.8 Å². The Morgan fingerprint density at radius 2 is 2.28 bits per heavy atom. The number of carbonyl (C=O) groups excluding carboxylic acids is 1. The minimum Gasteiger partial charge on any atom is -0.379 e. The highest BCUT2D eigenvalue weighted by Crippen LogP contribution is 1.97. The van der Waals surface area contributed by atoms with Crippen LogP contribution in [0.4, 0.5) is 0 Å². The van der Waals surface area contributed by atoms with Gasteiger partial charge in [0.25, 0.3) is 0 Å². The van der Waals surface area contributed by atoms with E-state index in [0.717, 1.165) is 39.3 Å². The first kappa shape index (κ1) is 12.9. The summed E-state index contributed by atoms with van der Waals surface area (Å²) in [6.45, 7) is 5.25. The standard InChI is InChI=1S/C10H18N6O2/c17-10(8-9-12-14-15-13-9)11-2-1-3-16-4-6-18-7-5-16/h1-8H2,(H,11,17)(H,12,13,14,15). The van der Waals surface area contributed by atoms with Crippen LogP contribution in [-0.2, 0) is 16.0 Å². The molecule has 2 rings (SSSR count). The lowest BCUT2D eigenvalue weighted by Gasteiger charge is -2.26. The maximum absolute atomic E-state index is 11.5. The van der Waals surface area contributed by atoms with E-state index in [1.54, 1.807) is 0 Å². The number of morpholine rings is 1. The maximum Gasteiger partial charge on any atom is 0.227 e. The molecule has 2 N–H and O–H groups in total. The highest BCUT2D eigenvalue weighted by atomic mass is 16.5. The zero-order chi connectivity index (χ0) is 12.6. The molecule has 1 fully saturated rings. The molecule has 0 bridgehead atoms. The van der Waals surface area contributed by atoms with Crippen molar-refractivity contribution in [1.82, 2.24) is 30.8 Å². The summed E-state index contributed by atoms with van der Waals surface area (Å²) in [5.41, 5.74) is 0. The van der Waals surface area contributed by atoms with Crippen LogP contribution in [0.3, 0.4) is 0 Å². The minimum absolute atomic E-state index is 0.0709. The first-order valence-corrected chi connectivity index (χ1v) is 6.14. The van der Waals surface area contributed by atoms with Crippen LogP contribution >= 0.6 is 0 Å². The third-order valence-corrected chi connectivity index (χ3v) is 2.78. The molecule has 1 saturated heterocycles. The third kappa shape index (κ3) is 4.38. The summed E-state index contributed by atoms with van der Waals surface area (Å²) in [5.74, 6) is 0.346. The molecule has 2 heterocycles. The van der Waals surface area contributed by atoms with Crippen LogP contribution in [0.15, 0.2) is 0 Å². The molecule has 100 valence electrons. The fraction of sp³-hybridized carbons (Fsp3) is 0.800. The Morgan fingerprint density at radius 1 is 1.44 bits per heavy atom. The van der Waals surface area contributed by atoms with Crippen molar-refractivity contribution in [3.8, 4) is 0 Å². The van der Waals surface area contributed by atoms with Crippen LogP contribution in [0, 0.1) is 0 Å². The summed E-state index contributed by atoms with van der Waals surface area (Å²) in [7, 11) is 0. The van der Waals surface area contributed by atoms with Crippen molar-refractivity contribution in [3.63, 3.8) is 0 Å². The molecule has 8 nitrogen and oxygen atoms in total. The number of ether oxygens (including phenoxy) is 1. The predicted octanol–water partition coefficient (Wildman–Crippen LogP) is -1.42. The number of aromatic amines is 1. The van der Waals surface area contributed by atoms with Gasteiger partial charge in [0.2, 0.25) is 5.91 Å². The van der Waals surface area contributed by atoms with Gasteiger partial charge in [-0.15, -0.1) is 10.2 Å². The Bertz CT molecular complexity index is 349. The number of rotatable bonds is 6. The zero-order valence-corrected chi connectivity index (χ0v) is 10.3. The van der Waals surface area contributed by atoms with Gasteiger partial charge in [0.05, 0.1) is 19.6 Å². The number of amides is 1. The lowest BCUT2D eigenvalue weighted by molar-refractivity contribution is -0.120. The normalized spacial score (nSPS) is 16.7. The van der Waals surface area contributed by atoms with E-state index >= 15 is 0 Å². The van der Waals surface area contributed by atoms with Gasteiger partial charge in [-0.2, -0.15) is 5.21 Å². The number of tetrazole rings is 1. The van der Waals surface area contributed by atoms with Crippen molar-refractivity contribution in [3.05, 3.63) is 5.82 Å². The number of hydrogen-bond donors (Lipinski definition) is 2. The predicted molar refractivity (Wildman–Crippen MR) is 62.8 cm³/mol. The maximum atomic E-state index is 11.5. The highest BCUT2D eigenvalue weighted by molar-refractivity contribution is 5.77. The molecule has 0 unspecified atom stereocenters. The van der Waals surface area contributed by atoms with Gasteiger partial charge in [0, 0.05) is 19.6 Å². The lowest BCUT2D eigenvalue weighted by atomic mass is 10.3. The smallest absolute Gasteiger partial charge is 0.227 e. The molecule has 0 radical (unpaired) electrons. The summed E-state index contributed by atoms with van der Waals surface area (Å²) in [6.07, 6.45) is 1.12. The van der Waals surface area contributed by atoms with Gasteiger partial charge in [-0.25, -0.2) is 0 Å². The number of nitrogens with zero attached hydrogens (tertiary/aromatic N) is 4. The van der Waals surface area contributed by atoms with Crippen LogP contribution in [0.2, 0.25) is 0 Å². The Kier molecular flexibility index (Phi) is 5.03. The van der Waals surface area contributed by atoms with Gasteiger partial charge in [-0.3, -0.25) is 9.69 Å². The molecule has 1 aliphatic heterocycles. The number of nitrogens with one attached hydrogen (secondary N) is 2. The summed E-state index contributed by atoms with van der Waals surface area (Å²) in [5, 5.41) is 16.0. The fourth-order valence-electron chi connectivity index (χ4n) is 1.82. The van der Waals surface area contributed by atoms with Gasteiger partial charge < -0.3 is 10.1 Å². The Labute approximate surface area is 105 Å². The van der Waals surface area contributed by atoms with Crippen molar-refractivity contribution in [2.75, 3.05) is 39.4 Å². The van der Waals surface area contributed by atoms with Gasteiger partial charge in [-0.1, -0.05) is 5.21 Å². The molecule has 8 heteroatoms. The quantitative estimate of drug-likeness (QED) is 0.605. The molecule has 0 aliphatic carbocycles. The monoisotopic (exact) mass is 254 g/mol. The highest BCUT2D eigenvalue weighted by Gasteiger charge is 2.10. The fourth-order valence-corrected chi connectivity index (χ4v) is 1.82. The van der Waals surface area contributed by atoms with Crippen LogP contribution in [0.5, 0.6) is 0 Å². The van der Waals surface area contributed by atoms with Crippen LogP contribution < -0.4 is 5.32 Å². The van der Waals surface area contributed by atoms with E-state index in [0.29, 0.717) is 12.4 Å². The zero-order valence-electron chi connectivity index (χ0n) is 10.3. The van der Waals surface area contributed by atoms with E-state index in [1.165, 1.54) is 0 Å². The average molecular weight is 254 g/mol. The molecular formula is C10H18N6O2. The van der Waals surface area contributed by atoms with E-state index in [4.69, 9.17) is 4.74 Å². The van der Waals surface area contributed by atoms with E-state index in [9.17, 15) is 4.79 Å². The molecule has 1 aromatic rings. The van der Waals surface area contributed by atoms with Gasteiger partial charge in [-0.05, 0) is 13.0 Å². The molecule has 1 amide bonds. The molecule has 0 aromatic carbocycles. The van der Waals surface area contributed by atoms with Crippen molar-refractivity contribution in [1.29, 1.82) is 0 Å². The average Bonchev–Trinajstić information content (AvgIpc) is 2.89. The Balaban J connectivity index is 1.53. The molecule has 1 aromatic heterocycles. The minimum atomic E-state index is -0.0709. The van der Waals surface area contributed by atoms with E-state index in [-0.39, 0.29) is 12.3 Å². The van der Waals surface area contributed by atoms with Gasteiger partial charge in [0.15, 0.2) is 5.82 Å². The number of aromatic nitrogens is 4. The number of hydrogen-bond acceptors (Lipinski definition) is 6. The summed E-state index contributed by atoms with van der Waals surface area (Å²) >= 11 is 0. The third-order valence-electron chi connectivity index (χ3n) is 2.78. The largest absolute Gasteiger partial charge is 0.379 e. The topological polar surface area (TPSA) is 96.0 Å². The lowest BCUT2D eigenvalue weighted by Crippen LogP contribution is -2.38. The van der Waals surface area contributed by atoms with Gasteiger partial charge in [0.1, 0.15) is 0 Å². The van der Waals surface area contributed by atoms with Crippen LogP contribution in [-0.4, -0.2) is 70.8 Å². The van der Waals surface area contributed by atoms with E-state index in [1.807, 2.05) is 0 Å². The summed E-state index contributed by atoms with van der Waals surface area (Å²) in [6, 6.07) is 0. The van der Waals surface area contributed by atoms with Gasteiger partial charge >= 0.3 is 0 Å². The van der Waals surface area contributed by atoms with Crippen LogP contribution in [0.1, 0.15) is 12.2 Å². The number of H-pyrrole nitrogens is 1. The molecule has 1 aliphatic rings. The summed E-state index contributed by atoms with van der Waals surface area (Å²) < 4.78 is 5.27. The molecule has 0 atom stereocenters. The second kappa shape index (κ2) is 7.02. The molecule has 0 spiro atoms. The first-order valence-electron chi connectivity index (χ1n) is 6.14. The second-order valence-corrected chi connectivity index (χ2v) is 4.16. The van der Waals surface area contributed by atoms with Crippen LogP contribution in [0.25, 0.3) is 0 Å². The molecular weight excluding hydrogens is 236 g/mol. The van der Waals surface area contributed by atoms with E-state index in [2.05, 4.69) is 30.8 Å². The van der Waals surface area contributed by atoms with E-state index < -0.39 is 0 Å². The Morgan fingerprint density at radius 3 is 3.00 bits per heavy atom. The molecule has 0 saturated carbocycles. The Hall–Kier alpha value is -1.54. The molecule has 18 heavy (non-hydrogen) atoms.